The highest BCUT2D eigenvalue weighted by Crippen LogP contribution is 2.49. The summed E-state index contributed by atoms with van der Waals surface area (Å²) in [4.78, 5) is 13.5. The van der Waals surface area contributed by atoms with Crippen molar-refractivity contribution in [3.63, 3.8) is 0 Å². The Morgan fingerprint density at radius 2 is 1.15 bits per heavy atom. The van der Waals surface area contributed by atoms with Crippen molar-refractivity contribution < 1.29 is 18.4 Å². The van der Waals surface area contributed by atoms with Crippen LogP contribution >= 0.6 is 7.75 Å². The third kappa shape index (κ3) is 10.8. The van der Waals surface area contributed by atoms with Gasteiger partial charge >= 0.3 is 13.8 Å². The summed E-state index contributed by atoms with van der Waals surface area (Å²) in [5.74, 6) is 1.21. The van der Waals surface area contributed by atoms with Crippen molar-refractivity contribution in [2.75, 3.05) is 11.9 Å². The molecule has 1 atom stereocenters. The van der Waals surface area contributed by atoms with Gasteiger partial charge in [0.15, 0.2) is 0 Å². The van der Waals surface area contributed by atoms with Gasteiger partial charge in [-0.2, -0.15) is 0 Å². The number of hydrogen-bond acceptors (Lipinski definition) is 4. The largest absolute Gasteiger partial charge is 0.490 e. The molecule has 0 aliphatic heterocycles. The van der Waals surface area contributed by atoms with Gasteiger partial charge < -0.3 is 9.84 Å². The second-order valence-corrected chi connectivity index (χ2v) is 14.0. The average Bonchev–Trinajstić information content (AvgIpc) is 2.89. The lowest BCUT2D eigenvalue weighted by molar-refractivity contribution is 0.236. The van der Waals surface area contributed by atoms with E-state index in [0.29, 0.717) is 5.75 Å². The van der Waals surface area contributed by atoms with Crippen molar-refractivity contribution in [1.82, 2.24) is 5.09 Å². The molecule has 0 bridgehead atoms. The average molecular weight is 587 g/mol. The fourth-order valence-corrected chi connectivity index (χ4v) is 6.28. The zero-order valence-corrected chi connectivity index (χ0v) is 27.9. The molecule has 2 rings (SSSR count). The Kier molecular flexibility index (Phi) is 14.4. The molecule has 0 saturated carbocycles. The molecule has 0 spiro atoms. The van der Waals surface area contributed by atoms with E-state index in [1.165, 1.54) is 25.7 Å². The first kappa shape index (κ1) is 34.9. The molecule has 6 nitrogen and oxygen atoms in total. The lowest BCUT2D eigenvalue weighted by Gasteiger charge is -2.26. The minimum absolute atomic E-state index is 0.139. The van der Waals surface area contributed by atoms with Crippen LogP contribution in [0, 0.1) is 0 Å². The van der Waals surface area contributed by atoms with E-state index in [0.717, 1.165) is 47.2 Å². The van der Waals surface area contributed by atoms with Crippen LogP contribution < -0.4 is 14.9 Å². The highest BCUT2D eigenvalue weighted by Gasteiger charge is 2.33. The van der Waals surface area contributed by atoms with Crippen LogP contribution in [0.1, 0.15) is 153 Å². The molecule has 2 N–H and O–H groups in total. The van der Waals surface area contributed by atoms with Crippen molar-refractivity contribution in [1.29, 1.82) is 0 Å². The highest BCUT2D eigenvalue weighted by molar-refractivity contribution is 7.52. The molecule has 0 aliphatic rings. The van der Waals surface area contributed by atoms with E-state index in [1.807, 2.05) is 36.4 Å². The van der Waals surface area contributed by atoms with Crippen LogP contribution in [0.2, 0.25) is 0 Å². The number of anilines is 1. The van der Waals surface area contributed by atoms with E-state index in [9.17, 15) is 9.36 Å². The van der Waals surface area contributed by atoms with Gasteiger partial charge in [-0.1, -0.05) is 137 Å². The number of nitrogens with one attached hydrogen (secondary N) is 2. The van der Waals surface area contributed by atoms with Gasteiger partial charge in [0.2, 0.25) is 0 Å². The number of hydrogen-bond donors (Lipinski definition) is 2. The van der Waals surface area contributed by atoms with Crippen LogP contribution in [0.25, 0.3) is 0 Å². The molecule has 0 radical (unpaired) electrons. The number of benzene rings is 2. The molecule has 230 valence electrons. The van der Waals surface area contributed by atoms with Crippen LogP contribution in [0.4, 0.5) is 10.5 Å². The Labute approximate surface area is 250 Å². The Balaban J connectivity index is 2.34. The van der Waals surface area contributed by atoms with Crippen LogP contribution in [0.15, 0.2) is 36.4 Å². The van der Waals surface area contributed by atoms with Gasteiger partial charge in [-0.05, 0) is 52.3 Å². The zero-order valence-electron chi connectivity index (χ0n) is 27.0. The van der Waals surface area contributed by atoms with Crippen LogP contribution in [0.3, 0.4) is 0 Å². The number of urea groups is 1. The van der Waals surface area contributed by atoms with Gasteiger partial charge in [-0.3, -0.25) is 4.52 Å². The summed E-state index contributed by atoms with van der Waals surface area (Å²) in [7, 11) is -4.07. The van der Waals surface area contributed by atoms with E-state index < -0.39 is 13.8 Å². The molecule has 0 heterocycles. The molecular formula is C34H55N2O4P. The summed E-state index contributed by atoms with van der Waals surface area (Å²) in [6.45, 7) is 19.1. The summed E-state index contributed by atoms with van der Waals surface area (Å²) < 4.78 is 26.6. The molecular weight excluding hydrogens is 531 g/mol. The molecule has 0 fully saturated rings. The van der Waals surface area contributed by atoms with Crippen molar-refractivity contribution in [2.24, 2.45) is 0 Å². The number of amides is 2. The summed E-state index contributed by atoms with van der Waals surface area (Å²) in [5.41, 5.74) is 4.67. The fourth-order valence-electron chi connectivity index (χ4n) is 4.99. The topological polar surface area (TPSA) is 76.7 Å². The molecule has 0 aliphatic carbocycles. The summed E-state index contributed by atoms with van der Waals surface area (Å²) in [6, 6.07) is 11.4. The lowest BCUT2D eigenvalue weighted by atomic mass is 9.93. The second-order valence-electron chi connectivity index (χ2n) is 12.3. The van der Waals surface area contributed by atoms with E-state index in [4.69, 9.17) is 9.05 Å². The molecule has 1 unspecified atom stereocenters. The number of rotatable bonds is 17. The van der Waals surface area contributed by atoms with E-state index in [1.54, 1.807) is 0 Å². The van der Waals surface area contributed by atoms with E-state index >= 15 is 0 Å². The van der Waals surface area contributed by atoms with Gasteiger partial charge in [0.05, 0.1) is 6.61 Å². The maximum absolute atomic E-state index is 14.3. The minimum atomic E-state index is -4.07. The first-order chi connectivity index (χ1) is 19.4. The highest BCUT2D eigenvalue weighted by atomic mass is 31.2. The first-order valence-corrected chi connectivity index (χ1v) is 17.2. The third-order valence-corrected chi connectivity index (χ3v) is 8.81. The standard InChI is InChI=1S/C34H55N2O4P/c1-10-11-12-13-14-15-16-23-39-41(38,40-33-30(26(6)7)21-18-22-31(33)27(8)9)36-34(37)35-32-28(24(2)3)19-17-20-29(32)25(4)5/h17-22,24-27H,10-16,23H2,1-9H3,(H2,35,36,37,38). The Bertz CT molecular complexity index is 1090. The molecule has 0 aromatic heterocycles. The van der Waals surface area contributed by atoms with E-state index in [-0.39, 0.29) is 30.3 Å². The lowest BCUT2D eigenvalue weighted by Crippen LogP contribution is -2.30. The Morgan fingerprint density at radius 1 is 0.707 bits per heavy atom. The SMILES string of the molecule is CCCCCCCCCOP(=O)(NC(=O)Nc1c(C(C)C)cccc1C(C)C)Oc1c(C(C)C)cccc1C(C)C. The normalized spacial score (nSPS) is 13.2. The molecule has 2 amide bonds. The van der Waals surface area contributed by atoms with Gasteiger partial charge in [-0.15, -0.1) is 0 Å². The predicted octanol–water partition coefficient (Wildman–Crippen LogP) is 11.3. The maximum atomic E-state index is 14.3. The number of para-hydroxylation sites is 2. The van der Waals surface area contributed by atoms with Gasteiger partial charge in [-0.25, -0.2) is 14.4 Å². The Hall–Kier alpha value is -2.30. The summed E-state index contributed by atoms with van der Waals surface area (Å²) >= 11 is 0. The quantitative estimate of drug-likeness (QED) is 0.143. The molecule has 2 aromatic carbocycles. The van der Waals surface area contributed by atoms with Crippen molar-refractivity contribution in [2.45, 2.75) is 131 Å². The van der Waals surface area contributed by atoms with Crippen LogP contribution in [-0.2, 0) is 9.09 Å². The first-order valence-electron chi connectivity index (χ1n) is 15.7. The molecule has 7 heteroatoms. The number of unbranched alkanes of at least 4 members (excludes halogenated alkanes) is 6. The summed E-state index contributed by atoms with van der Waals surface area (Å²) in [6.07, 6.45) is 7.74. The van der Waals surface area contributed by atoms with Crippen molar-refractivity contribution >= 4 is 19.5 Å². The Morgan fingerprint density at radius 3 is 1.61 bits per heavy atom. The van der Waals surface area contributed by atoms with Gasteiger partial charge in [0.1, 0.15) is 5.75 Å². The van der Waals surface area contributed by atoms with Gasteiger partial charge in [0.25, 0.3) is 0 Å². The van der Waals surface area contributed by atoms with Gasteiger partial charge in [0, 0.05) is 5.69 Å². The monoisotopic (exact) mass is 586 g/mol. The summed E-state index contributed by atoms with van der Waals surface area (Å²) in [5, 5.41) is 5.64. The second kappa shape index (κ2) is 17.0. The smallest absolute Gasteiger partial charge is 0.408 e. The molecule has 0 saturated heterocycles. The maximum Gasteiger partial charge on any atom is 0.490 e. The van der Waals surface area contributed by atoms with Crippen molar-refractivity contribution in [3.05, 3.63) is 58.7 Å². The van der Waals surface area contributed by atoms with Crippen molar-refractivity contribution in [3.8, 4) is 5.75 Å². The zero-order chi connectivity index (χ0) is 30.6. The number of carbonyl (C=O) groups is 1. The minimum Gasteiger partial charge on any atom is -0.408 e. The van der Waals surface area contributed by atoms with Crippen LogP contribution in [-0.4, -0.2) is 12.6 Å². The third-order valence-electron chi connectivity index (χ3n) is 7.39. The molecule has 2 aromatic rings. The van der Waals surface area contributed by atoms with E-state index in [2.05, 4.69) is 72.7 Å². The number of carbonyl (C=O) groups excluding carboxylic acids is 1. The predicted molar refractivity (Wildman–Crippen MR) is 174 cm³/mol. The molecule has 41 heavy (non-hydrogen) atoms. The fraction of sp³-hybridized carbons (Fsp3) is 0.618. The van der Waals surface area contributed by atoms with Crippen LogP contribution in [0.5, 0.6) is 5.75 Å².